The maximum atomic E-state index is 10.4. The molecule has 0 aliphatic heterocycles. The molecule has 0 bridgehead atoms. The summed E-state index contributed by atoms with van der Waals surface area (Å²) in [5, 5.41) is 8.52. The maximum absolute atomic E-state index is 10.4. The Kier molecular flexibility index (Phi) is 3.26. The highest BCUT2D eigenvalue weighted by Gasteiger charge is 2.22. The number of aldehydes is 1. The van der Waals surface area contributed by atoms with E-state index in [-0.39, 0.29) is 12.3 Å². The molecule has 3 heteroatoms. The first-order chi connectivity index (χ1) is 5.72. The fourth-order valence-corrected chi connectivity index (χ4v) is 1.78. The van der Waals surface area contributed by atoms with E-state index >= 15 is 0 Å². The first-order valence-corrected chi connectivity index (χ1v) is 4.39. The molecular weight excluding hydrogens is 156 g/mol. The molecule has 1 N–H and O–H groups in total. The molecule has 0 aromatic rings. The van der Waals surface area contributed by atoms with Gasteiger partial charge in [0.15, 0.2) is 0 Å². The second-order valence-electron chi connectivity index (χ2n) is 3.51. The molecule has 0 spiro atoms. The van der Waals surface area contributed by atoms with Crippen molar-refractivity contribution in [1.29, 1.82) is 0 Å². The number of hydrogen-bond acceptors (Lipinski definition) is 2. The Morgan fingerprint density at radius 1 is 1.33 bits per heavy atom. The van der Waals surface area contributed by atoms with Crippen LogP contribution in [0.4, 0.5) is 0 Å². The lowest BCUT2D eigenvalue weighted by atomic mass is 9.81. The SMILES string of the molecule is O=C[C@H]1CC[C@H](CC(=O)O)CC1. The molecule has 0 amide bonds. The Hall–Kier alpha value is -0.860. The van der Waals surface area contributed by atoms with Crippen molar-refractivity contribution < 1.29 is 14.7 Å². The summed E-state index contributed by atoms with van der Waals surface area (Å²) in [4.78, 5) is 20.7. The lowest BCUT2D eigenvalue weighted by Gasteiger charge is -2.23. The summed E-state index contributed by atoms with van der Waals surface area (Å²) >= 11 is 0. The first kappa shape index (κ1) is 9.23. The summed E-state index contributed by atoms with van der Waals surface area (Å²) in [7, 11) is 0. The van der Waals surface area contributed by atoms with Crippen LogP contribution < -0.4 is 0 Å². The van der Waals surface area contributed by atoms with Gasteiger partial charge < -0.3 is 9.90 Å². The number of carbonyl (C=O) groups excluding carboxylic acids is 1. The summed E-state index contributed by atoms with van der Waals surface area (Å²) in [6.07, 6.45) is 4.82. The third kappa shape index (κ3) is 2.64. The number of carbonyl (C=O) groups is 2. The zero-order chi connectivity index (χ0) is 8.97. The Morgan fingerprint density at radius 3 is 2.33 bits per heavy atom. The van der Waals surface area contributed by atoms with Crippen LogP contribution >= 0.6 is 0 Å². The number of hydrogen-bond donors (Lipinski definition) is 1. The van der Waals surface area contributed by atoms with E-state index in [4.69, 9.17) is 5.11 Å². The summed E-state index contributed by atoms with van der Waals surface area (Å²) < 4.78 is 0. The van der Waals surface area contributed by atoms with Crippen molar-refractivity contribution in [3.63, 3.8) is 0 Å². The van der Waals surface area contributed by atoms with Crippen LogP contribution in [0, 0.1) is 11.8 Å². The summed E-state index contributed by atoms with van der Waals surface area (Å²) in [5.74, 6) is -0.224. The number of carboxylic acids is 1. The smallest absolute Gasteiger partial charge is 0.303 e. The van der Waals surface area contributed by atoms with E-state index in [1.807, 2.05) is 0 Å². The lowest BCUT2D eigenvalue weighted by Crippen LogP contribution is -2.17. The van der Waals surface area contributed by atoms with E-state index in [1.165, 1.54) is 0 Å². The highest BCUT2D eigenvalue weighted by molar-refractivity contribution is 5.67. The molecule has 68 valence electrons. The van der Waals surface area contributed by atoms with Gasteiger partial charge in [-0.1, -0.05) is 0 Å². The predicted molar refractivity (Wildman–Crippen MR) is 43.8 cm³/mol. The molecule has 1 rings (SSSR count). The number of aliphatic carboxylic acids is 1. The largest absolute Gasteiger partial charge is 0.481 e. The van der Waals surface area contributed by atoms with Gasteiger partial charge in [0.05, 0.1) is 0 Å². The molecule has 0 radical (unpaired) electrons. The molecule has 1 aliphatic rings. The van der Waals surface area contributed by atoms with Gasteiger partial charge in [0.1, 0.15) is 6.29 Å². The summed E-state index contributed by atoms with van der Waals surface area (Å²) in [6, 6.07) is 0. The van der Waals surface area contributed by atoms with Crippen LogP contribution in [-0.2, 0) is 9.59 Å². The van der Waals surface area contributed by atoms with Gasteiger partial charge >= 0.3 is 5.97 Å². The molecule has 1 saturated carbocycles. The standard InChI is InChI=1S/C9H14O3/c10-6-8-3-1-7(2-4-8)5-9(11)12/h6-8H,1-5H2,(H,11,12)/t7-,8-. The summed E-state index contributed by atoms with van der Waals surface area (Å²) in [5.41, 5.74) is 0. The Morgan fingerprint density at radius 2 is 1.92 bits per heavy atom. The van der Waals surface area contributed by atoms with Crippen LogP contribution in [0.5, 0.6) is 0 Å². The predicted octanol–water partition coefficient (Wildman–Crippen LogP) is 1.47. The average molecular weight is 170 g/mol. The number of rotatable bonds is 3. The van der Waals surface area contributed by atoms with Gasteiger partial charge in [-0.25, -0.2) is 0 Å². The van der Waals surface area contributed by atoms with Gasteiger partial charge in [0.25, 0.3) is 0 Å². The van der Waals surface area contributed by atoms with Gasteiger partial charge in [-0.3, -0.25) is 4.79 Å². The van der Waals surface area contributed by atoms with E-state index in [0.29, 0.717) is 5.92 Å². The monoisotopic (exact) mass is 170 g/mol. The van der Waals surface area contributed by atoms with E-state index < -0.39 is 5.97 Å². The molecule has 1 aliphatic carbocycles. The topological polar surface area (TPSA) is 54.4 Å². The third-order valence-electron chi connectivity index (χ3n) is 2.55. The molecule has 0 aromatic carbocycles. The minimum Gasteiger partial charge on any atom is -0.481 e. The highest BCUT2D eigenvalue weighted by atomic mass is 16.4. The molecule has 12 heavy (non-hydrogen) atoms. The zero-order valence-corrected chi connectivity index (χ0v) is 7.03. The molecule has 0 atom stereocenters. The second kappa shape index (κ2) is 4.24. The van der Waals surface area contributed by atoms with E-state index in [0.717, 1.165) is 32.0 Å². The second-order valence-corrected chi connectivity index (χ2v) is 3.51. The van der Waals surface area contributed by atoms with E-state index in [1.54, 1.807) is 0 Å². The van der Waals surface area contributed by atoms with Gasteiger partial charge in [-0.15, -0.1) is 0 Å². The first-order valence-electron chi connectivity index (χ1n) is 4.39. The van der Waals surface area contributed by atoms with Crippen molar-refractivity contribution in [3.05, 3.63) is 0 Å². The number of carboxylic acid groups (broad SMARTS) is 1. The lowest BCUT2D eigenvalue weighted by molar-refractivity contribution is -0.138. The van der Waals surface area contributed by atoms with Crippen molar-refractivity contribution >= 4 is 12.3 Å². The van der Waals surface area contributed by atoms with Gasteiger partial charge in [-0.05, 0) is 31.6 Å². The van der Waals surface area contributed by atoms with Gasteiger partial charge in [0.2, 0.25) is 0 Å². The quantitative estimate of drug-likeness (QED) is 0.652. The molecule has 1 fully saturated rings. The van der Waals surface area contributed by atoms with Crippen LogP contribution in [0.25, 0.3) is 0 Å². The van der Waals surface area contributed by atoms with E-state index in [2.05, 4.69) is 0 Å². The Bertz CT molecular complexity index is 169. The molecule has 0 saturated heterocycles. The van der Waals surface area contributed by atoms with Crippen molar-refractivity contribution in [2.24, 2.45) is 11.8 Å². The third-order valence-corrected chi connectivity index (χ3v) is 2.55. The molecule has 0 unspecified atom stereocenters. The minimum atomic E-state index is -0.718. The normalized spacial score (nSPS) is 29.7. The van der Waals surface area contributed by atoms with Crippen molar-refractivity contribution in [3.8, 4) is 0 Å². The Balaban J connectivity index is 2.26. The Labute approximate surface area is 71.8 Å². The maximum Gasteiger partial charge on any atom is 0.303 e. The van der Waals surface area contributed by atoms with Crippen LogP contribution in [0.15, 0.2) is 0 Å². The van der Waals surface area contributed by atoms with Crippen molar-refractivity contribution in [2.75, 3.05) is 0 Å². The van der Waals surface area contributed by atoms with Crippen LogP contribution in [-0.4, -0.2) is 17.4 Å². The van der Waals surface area contributed by atoms with Gasteiger partial charge in [-0.2, -0.15) is 0 Å². The van der Waals surface area contributed by atoms with Crippen LogP contribution in [0.2, 0.25) is 0 Å². The fourth-order valence-electron chi connectivity index (χ4n) is 1.78. The van der Waals surface area contributed by atoms with E-state index in [9.17, 15) is 9.59 Å². The molecule has 0 aromatic heterocycles. The fraction of sp³-hybridized carbons (Fsp3) is 0.778. The average Bonchev–Trinajstić information content (AvgIpc) is 2.05. The molecule has 3 nitrogen and oxygen atoms in total. The minimum absolute atomic E-state index is 0.190. The highest BCUT2D eigenvalue weighted by Crippen LogP contribution is 2.29. The summed E-state index contributed by atoms with van der Waals surface area (Å²) in [6.45, 7) is 0. The van der Waals surface area contributed by atoms with Crippen LogP contribution in [0.3, 0.4) is 0 Å². The van der Waals surface area contributed by atoms with Crippen molar-refractivity contribution in [2.45, 2.75) is 32.1 Å². The molecule has 0 heterocycles. The van der Waals surface area contributed by atoms with Gasteiger partial charge in [0, 0.05) is 12.3 Å². The zero-order valence-electron chi connectivity index (χ0n) is 7.03. The van der Waals surface area contributed by atoms with Crippen LogP contribution in [0.1, 0.15) is 32.1 Å². The molecular formula is C9H14O3. The van der Waals surface area contributed by atoms with Crippen molar-refractivity contribution in [1.82, 2.24) is 0 Å².